The molecule has 3 aromatic carbocycles. The van der Waals surface area contributed by atoms with Gasteiger partial charge >= 0.3 is 0 Å². The van der Waals surface area contributed by atoms with E-state index in [-0.39, 0.29) is 0 Å². The maximum atomic E-state index is 6.56. The smallest absolute Gasteiger partial charge is 0.161 e. The van der Waals surface area contributed by atoms with Gasteiger partial charge in [-0.3, -0.25) is 0 Å². The van der Waals surface area contributed by atoms with E-state index in [2.05, 4.69) is 9.97 Å². The zero-order chi connectivity index (χ0) is 23.0. The van der Waals surface area contributed by atoms with Gasteiger partial charge in [0, 0.05) is 28.8 Å². The fraction of sp³-hybridized carbons (Fsp3) is 0.130. The molecule has 9 heteroatoms. The van der Waals surface area contributed by atoms with Crippen molar-refractivity contribution >= 4 is 45.5 Å². The van der Waals surface area contributed by atoms with Gasteiger partial charge in [0.05, 0.1) is 48.3 Å². The number of ether oxygens (including phenoxy) is 3. The van der Waals surface area contributed by atoms with E-state index < -0.39 is 0 Å². The second-order valence-electron chi connectivity index (χ2n) is 6.89. The van der Waals surface area contributed by atoms with Crippen molar-refractivity contribution in [3.8, 4) is 39.8 Å². The van der Waals surface area contributed by atoms with E-state index >= 15 is 0 Å². The summed E-state index contributed by atoms with van der Waals surface area (Å²) in [6.07, 6.45) is 1.71. The molecule has 0 aliphatic heterocycles. The predicted molar refractivity (Wildman–Crippen MR) is 129 cm³/mol. The highest BCUT2D eigenvalue weighted by atomic mass is 35.5. The lowest BCUT2D eigenvalue weighted by Gasteiger charge is -2.15. The van der Waals surface area contributed by atoms with Crippen molar-refractivity contribution in [1.29, 1.82) is 0 Å². The fourth-order valence-corrected chi connectivity index (χ4v) is 4.17. The lowest BCUT2D eigenvalue weighted by molar-refractivity contribution is 0.395. The maximum absolute atomic E-state index is 6.56. The lowest BCUT2D eigenvalue weighted by Crippen LogP contribution is -2.02. The summed E-state index contributed by atoms with van der Waals surface area (Å²) in [7, 11) is 4.60. The highest BCUT2D eigenvalue weighted by Crippen LogP contribution is 2.46. The van der Waals surface area contributed by atoms with E-state index in [1.54, 1.807) is 24.4 Å². The van der Waals surface area contributed by atoms with Gasteiger partial charge in [-0.25, -0.2) is 9.97 Å². The second kappa shape index (κ2) is 8.61. The number of fused-ring (bicyclic) bond motifs is 1. The van der Waals surface area contributed by atoms with Gasteiger partial charge in [0.25, 0.3) is 0 Å². The van der Waals surface area contributed by atoms with E-state index in [4.69, 9.17) is 48.9 Å². The summed E-state index contributed by atoms with van der Waals surface area (Å²) < 4.78 is 15.9. The van der Waals surface area contributed by atoms with Gasteiger partial charge in [-0.15, -0.1) is 0 Å². The molecule has 0 amide bonds. The molecule has 32 heavy (non-hydrogen) atoms. The maximum Gasteiger partial charge on any atom is 0.161 e. The highest BCUT2D eigenvalue weighted by molar-refractivity contribution is 6.41. The summed E-state index contributed by atoms with van der Waals surface area (Å²) in [5, 5.41) is 1.56. The molecule has 4 N–H and O–H groups in total. The van der Waals surface area contributed by atoms with Crippen LogP contribution in [0, 0.1) is 0 Å². The van der Waals surface area contributed by atoms with E-state index in [0.717, 1.165) is 16.5 Å². The summed E-state index contributed by atoms with van der Waals surface area (Å²) in [6.45, 7) is 0. The Labute approximate surface area is 194 Å². The zero-order valence-electron chi connectivity index (χ0n) is 17.6. The largest absolute Gasteiger partial charge is 0.495 e. The number of anilines is 2. The number of nitrogens with zero attached hydrogens (tertiary/aromatic N) is 2. The van der Waals surface area contributed by atoms with Crippen LogP contribution in [0.1, 0.15) is 0 Å². The first-order valence-electron chi connectivity index (χ1n) is 9.49. The topological polar surface area (TPSA) is 106 Å². The van der Waals surface area contributed by atoms with Crippen molar-refractivity contribution < 1.29 is 14.2 Å². The first-order valence-corrected chi connectivity index (χ1v) is 10.2. The quantitative estimate of drug-likeness (QED) is 0.372. The Hall–Kier alpha value is -3.42. The number of methoxy groups -OCH3 is 3. The first kappa shape index (κ1) is 21.8. The monoisotopic (exact) mass is 470 g/mol. The summed E-state index contributed by atoms with van der Waals surface area (Å²) in [5.74, 6) is 1.87. The Kier molecular flexibility index (Phi) is 5.86. The summed E-state index contributed by atoms with van der Waals surface area (Å²) in [5.41, 5.74) is 15.7. The van der Waals surface area contributed by atoms with E-state index in [0.29, 0.717) is 55.6 Å². The minimum Gasteiger partial charge on any atom is -0.495 e. The van der Waals surface area contributed by atoms with Crippen molar-refractivity contribution in [3.63, 3.8) is 0 Å². The molecule has 7 nitrogen and oxygen atoms in total. The number of halogens is 2. The molecule has 4 aromatic rings. The van der Waals surface area contributed by atoms with E-state index in [9.17, 15) is 0 Å². The fourth-order valence-electron chi connectivity index (χ4n) is 3.45. The van der Waals surface area contributed by atoms with Gasteiger partial charge in [0.1, 0.15) is 17.2 Å². The van der Waals surface area contributed by atoms with Gasteiger partial charge in [-0.05, 0) is 29.8 Å². The third kappa shape index (κ3) is 3.59. The summed E-state index contributed by atoms with van der Waals surface area (Å²) >= 11 is 13.1. The average Bonchev–Trinajstić information content (AvgIpc) is 2.81. The molecule has 164 valence electrons. The van der Waals surface area contributed by atoms with Crippen LogP contribution in [0.25, 0.3) is 33.4 Å². The first-order chi connectivity index (χ1) is 15.4. The normalized spacial score (nSPS) is 10.9. The summed E-state index contributed by atoms with van der Waals surface area (Å²) in [4.78, 5) is 9.13. The molecular weight excluding hydrogens is 451 g/mol. The Morgan fingerprint density at radius 3 is 2.06 bits per heavy atom. The predicted octanol–water partition coefficient (Wildman–Crippen LogP) is 5.46. The molecule has 1 aromatic heterocycles. The molecule has 0 fully saturated rings. The van der Waals surface area contributed by atoms with Crippen LogP contribution in [0.3, 0.4) is 0 Å². The number of rotatable bonds is 5. The number of nitrogen functional groups attached to an aromatic ring is 2. The molecule has 0 aliphatic carbocycles. The zero-order valence-corrected chi connectivity index (χ0v) is 19.1. The van der Waals surface area contributed by atoms with E-state index in [1.807, 2.05) is 18.2 Å². The third-order valence-electron chi connectivity index (χ3n) is 5.15. The average molecular weight is 471 g/mol. The van der Waals surface area contributed by atoms with Crippen molar-refractivity contribution in [1.82, 2.24) is 9.97 Å². The van der Waals surface area contributed by atoms with E-state index in [1.165, 1.54) is 21.3 Å². The Bertz CT molecular complexity index is 1320. The van der Waals surface area contributed by atoms with Gasteiger partial charge in [-0.1, -0.05) is 29.3 Å². The SMILES string of the molecule is COc1ccc(-c2ncc3cc(-c4c(Cl)c(OC)cc(OC)c4Cl)ccc3n2)c(N)c1N. The lowest BCUT2D eigenvalue weighted by atomic mass is 10.0. The highest BCUT2D eigenvalue weighted by Gasteiger charge is 2.19. The van der Waals surface area contributed by atoms with Crippen LogP contribution in [0.2, 0.25) is 10.0 Å². The standard InChI is InChI=1S/C23H20Cl2N4O3/c1-30-15-7-5-13(21(26)22(15)27)23-28-10-12-8-11(4-6-14(12)29-23)18-19(24)16(31-2)9-17(32-3)20(18)25/h4-10H,26-27H2,1-3H3. The number of hydrogen-bond donors (Lipinski definition) is 2. The van der Waals surface area contributed by atoms with Crippen LogP contribution in [-0.4, -0.2) is 31.3 Å². The molecule has 0 saturated carbocycles. The van der Waals surface area contributed by atoms with Crippen LogP contribution in [0.5, 0.6) is 17.2 Å². The van der Waals surface area contributed by atoms with Crippen LogP contribution in [0.15, 0.2) is 42.6 Å². The Balaban J connectivity index is 1.83. The number of benzene rings is 3. The Morgan fingerprint density at radius 2 is 1.44 bits per heavy atom. The summed E-state index contributed by atoms with van der Waals surface area (Å²) in [6, 6.07) is 10.8. The third-order valence-corrected chi connectivity index (χ3v) is 5.90. The molecule has 1 heterocycles. The second-order valence-corrected chi connectivity index (χ2v) is 7.65. The molecule has 0 saturated heterocycles. The van der Waals surface area contributed by atoms with Crippen molar-refractivity contribution in [2.45, 2.75) is 0 Å². The van der Waals surface area contributed by atoms with Crippen LogP contribution < -0.4 is 25.7 Å². The molecule has 0 aliphatic rings. The van der Waals surface area contributed by atoms with Crippen LogP contribution in [0.4, 0.5) is 11.4 Å². The molecule has 0 unspecified atom stereocenters. The molecule has 0 spiro atoms. The van der Waals surface area contributed by atoms with Crippen LogP contribution in [-0.2, 0) is 0 Å². The minimum absolute atomic E-state index is 0.348. The van der Waals surface area contributed by atoms with Crippen molar-refractivity contribution in [2.75, 3.05) is 32.8 Å². The molecule has 0 radical (unpaired) electrons. The number of hydrogen-bond acceptors (Lipinski definition) is 7. The molecular formula is C23H20Cl2N4O3. The van der Waals surface area contributed by atoms with Crippen molar-refractivity contribution in [2.24, 2.45) is 0 Å². The van der Waals surface area contributed by atoms with Gasteiger partial charge < -0.3 is 25.7 Å². The number of aromatic nitrogens is 2. The molecule has 0 bridgehead atoms. The van der Waals surface area contributed by atoms with Crippen molar-refractivity contribution in [3.05, 3.63) is 52.6 Å². The van der Waals surface area contributed by atoms with Crippen LogP contribution >= 0.6 is 23.2 Å². The molecule has 0 atom stereocenters. The molecule has 4 rings (SSSR count). The van der Waals surface area contributed by atoms with Gasteiger partial charge in [0.15, 0.2) is 5.82 Å². The number of nitrogens with two attached hydrogens (primary N) is 2. The Morgan fingerprint density at radius 1 is 0.781 bits per heavy atom. The minimum atomic E-state index is 0.348. The van der Waals surface area contributed by atoms with Gasteiger partial charge in [-0.2, -0.15) is 0 Å². The van der Waals surface area contributed by atoms with Gasteiger partial charge in [0.2, 0.25) is 0 Å².